The van der Waals surface area contributed by atoms with Gasteiger partial charge in [-0.3, -0.25) is 4.98 Å². The molecule has 0 fully saturated rings. The van der Waals surface area contributed by atoms with E-state index in [1.807, 2.05) is 12.1 Å². The van der Waals surface area contributed by atoms with E-state index in [9.17, 15) is 26.7 Å². The predicted octanol–water partition coefficient (Wildman–Crippen LogP) is 4.18. The molecule has 0 spiro atoms. The number of aliphatic hydroxyl groups excluding tert-OH is 1. The standard InChI is InChI=1S/C23H23F3N2O4S/c1-15(22(29)9-4-16-3-2-10-28-14-16)32-20-7-5-17(6-8-20)18-11-19(23(24,25)26)13-21(12-18)33(27,30)31/h2-3,5-8,10-15,22,29H,4,9H2,1H3,(H2,27,30,31)/t15-,22?/m0/s1. The molecule has 1 aromatic heterocycles. The summed E-state index contributed by atoms with van der Waals surface area (Å²) in [5.74, 6) is 0.408. The summed E-state index contributed by atoms with van der Waals surface area (Å²) >= 11 is 0. The lowest BCUT2D eigenvalue weighted by Crippen LogP contribution is -2.29. The molecule has 0 saturated carbocycles. The van der Waals surface area contributed by atoms with Crippen LogP contribution in [0.15, 0.2) is 71.9 Å². The average Bonchev–Trinajstić information content (AvgIpc) is 2.77. The first-order valence-corrected chi connectivity index (χ1v) is 11.6. The Morgan fingerprint density at radius 1 is 1.09 bits per heavy atom. The lowest BCUT2D eigenvalue weighted by molar-refractivity contribution is -0.137. The Balaban J connectivity index is 1.73. The van der Waals surface area contributed by atoms with Crippen molar-refractivity contribution in [2.24, 2.45) is 5.14 Å². The van der Waals surface area contributed by atoms with Gasteiger partial charge in [-0.1, -0.05) is 18.2 Å². The summed E-state index contributed by atoms with van der Waals surface area (Å²) in [6, 6.07) is 12.3. The maximum atomic E-state index is 13.2. The summed E-state index contributed by atoms with van der Waals surface area (Å²) < 4.78 is 68.7. The number of alkyl halides is 3. The number of aryl methyl sites for hydroxylation is 1. The number of aromatic nitrogens is 1. The van der Waals surface area contributed by atoms with E-state index in [0.29, 0.717) is 30.2 Å². The van der Waals surface area contributed by atoms with E-state index in [1.165, 1.54) is 24.3 Å². The van der Waals surface area contributed by atoms with Gasteiger partial charge >= 0.3 is 6.18 Å². The molecular formula is C23H23F3N2O4S. The molecule has 3 aromatic rings. The number of primary sulfonamides is 1. The topological polar surface area (TPSA) is 103 Å². The number of sulfonamides is 1. The van der Waals surface area contributed by atoms with E-state index in [0.717, 1.165) is 17.7 Å². The van der Waals surface area contributed by atoms with E-state index in [-0.39, 0.29) is 5.56 Å². The highest BCUT2D eigenvalue weighted by atomic mass is 32.2. The molecule has 3 rings (SSSR count). The molecule has 2 aromatic carbocycles. The van der Waals surface area contributed by atoms with Crippen molar-refractivity contribution in [1.82, 2.24) is 4.98 Å². The van der Waals surface area contributed by atoms with Crippen LogP contribution < -0.4 is 9.88 Å². The third-order valence-electron chi connectivity index (χ3n) is 5.07. The number of nitrogens with two attached hydrogens (primary N) is 1. The predicted molar refractivity (Wildman–Crippen MR) is 117 cm³/mol. The van der Waals surface area contributed by atoms with E-state index in [4.69, 9.17) is 9.88 Å². The number of benzene rings is 2. The second-order valence-electron chi connectivity index (χ2n) is 7.60. The zero-order chi connectivity index (χ0) is 24.2. The molecule has 0 bridgehead atoms. The quantitative estimate of drug-likeness (QED) is 0.504. The minimum Gasteiger partial charge on any atom is -0.488 e. The minimum absolute atomic E-state index is 0.0463. The number of halogens is 3. The van der Waals surface area contributed by atoms with Crippen LogP contribution >= 0.6 is 0 Å². The summed E-state index contributed by atoms with van der Waals surface area (Å²) in [5, 5.41) is 15.4. The second-order valence-corrected chi connectivity index (χ2v) is 9.16. The van der Waals surface area contributed by atoms with Crippen molar-refractivity contribution in [3.63, 3.8) is 0 Å². The summed E-state index contributed by atoms with van der Waals surface area (Å²) in [5.41, 5.74) is 0.274. The SMILES string of the molecule is C[C@H](Oc1ccc(-c2cc(C(F)(F)F)cc(S(N)(=O)=O)c2)cc1)C(O)CCc1cccnc1. The fraction of sp³-hybridized carbons (Fsp3) is 0.261. The second kappa shape index (κ2) is 9.90. The molecule has 1 unspecified atom stereocenters. The Kier molecular flexibility index (Phi) is 7.41. The first-order valence-electron chi connectivity index (χ1n) is 10.0. The molecule has 0 aliphatic carbocycles. The monoisotopic (exact) mass is 480 g/mol. The number of hydrogen-bond donors (Lipinski definition) is 2. The Morgan fingerprint density at radius 2 is 1.79 bits per heavy atom. The number of rotatable bonds is 8. The fourth-order valence-corrected chi connectivity index (χ4v) is 3.79. The molecule has 1 heterocycles. The highest BCUT2D eigenvalue weighted by Crippen LogP contribution is 2.35. The molecular weight excluding hydrogens is 457 g/mol. The van der Waals surface area contributed by atoms with Gasteiger partial charge in [0.25, 0.3) is 0 Å². The molecule has 176 valence electrons. The molecule has 3 N–H and O–H groups in total. The summed E-state index contributed by atoms with van der Waals surface area (Å²) in [6.07, 6.45) is -1.52. The molecule has 0 aliphatic heterocycles. The number of hydrogen-bond acceptors (Lipinski definition) is 5. The Labute approximate surface area is 189 Å². The Morgan fingerprint density at radius 3 is 2.36 bits per heavy atom. The van der Waals surface area contributed by atoms with Gasteiger partial charge in [-0.05, 0) is 72.9 Å². The van der Waals surface area contributed by atoms with Crippen molar-refractivity contribution in [3.05, 3.63) is 78.1 Å². The van der Waals surface area contributed by atoms with Crippen LogP contribution in [0.4, 0.5) is 13.2 Å². The molecule has 0 aliphatic rings. The van der Waals surface area contributed by atoms with Crippen LogP contribution in [0.2, 0.25) is 0 Å². The Hall–Kier alpha value is -2.95. The van der Waals surface area contributed by atoms with E-state index < -0.39 is 38.9 Å². The number of nitrogens with zero attached hydrogens (tertiary/aromatic N) is 1. The highest BCUT2D eigenvalue weighted by Gasteiger charge is 2.32. The number of pyridine rings is 1. The van der Waals surface area contributed by atoms with E-state index >= 15 is 0 Å². The highest BCUT2D eigenvalue weighted by molar-refractivity contribution is 7.89. The minimum atomic E-state index is -4.74. The molecule has 6 nitrogen and oxygen atoms in total. The van der Waals surface area contributed by atoms with Crippen LogP contribution in [-0.4, -0.2) is 30.7 Å². The van der Waals surface area contributed by atoms with Crippen molar-refractivity contribution in [2.75, 3.05) is 0 Å². The van der Waals surface area contributed by atoms with Crippen LogP contribution in [0.3, 0.4) is 0 Å². The van der Waals surface area contributed by atoms with E-state index in [1.54, 1.807) is 19.3 Å². The summed E-state index contributed by atoms with van der Waals surface area (Å²) in [7, 11) is -4.33. The zero-order valence-electron chi connectivity index (χ0n) is 17.7. The third-order valence-corrected chi connectivity index (χ3v) is 5.96. The maximum absolute atomic E-state index is 13.2. The fourth-order valence-electron chi connectivity index (χ4n) is 3.21. The van der Waals surface area contributed by atoms with Crippen LogP contribution in [-0.2, 0) is 22.6 Å². The van der Waals surface area contributed by atoms with Crippen LogP contribution in [0.25, 0.3) is 11.1 Å². The van der Waals surface area contributed by atoms with Gasteiger partial charge in [0, 0.05) is 12.4 Å². The van der Waals surface area contributed by atoms with Gasteiger partial charge < -0.3 is 9.84 Å². The summed E-state index contributed by atoms with van der Waals surface area (Å²) in [4.78, 5) is 3.40. The number of ether oxygens (including phenoxy) is 1. The van der Waals surface area contributed by atoms with Crippen LogP contribution in [0, 0.1) is 0 Å². The van der Waals surface area contributed by atoms with E-state index in [2.05, 4.69) is 4.98 Å². The van der Waals surface area contributed by atoms with Gasteiger partial charge in [-0.2, -0.15) is 13.2 Å². The smallest absolute Gasteiger partial charge is 0.416 e. The molecule has 0 saturated heterocycles. The maximum Gasteiger partial charge on any atom is 0.416 e. The molecule has 0 amide bonds. The van der Waals surface area contributed by atoms with Crippen molar-refractivity contribution in [2.45, 2.75) is 43.0 Å². The molecule has 33 heavy (non-hydrogen) atoms. The van der Waals surface area contributed by atoms with Gasteiger partial charge in [-0.15, -0.1) is 0 Å². The average molecular weight is 481 g/mol. The van der Waals surface area contributed by atoms with Crippen molar-refractivity contribution in [1.29, 1.82) is 0 Å². The molecule has 0 radical (unpaired) electrons. The molecule has 2 atom stereocenters. The van der Waals surface area contributed by atoms with Crippen LogP contribution in [0.1, 0.15) is 24.5 Å². The first-order chi connectivity index (χ1) is 15.4. The lowest BCUT2D eigenvalue weighted by atomic mass is 10.0. The normalized spacial score (nSPS) is 14.0. The van der Waals surface area contributed by atoms with Crippen LogP contribution in [0.5, 0.6) is 5.75 Å². The van der Waals surface area contributed by atoms with Crippen molar-refractivity contribution in [3.8, 4) is 16.9 Å². The summed E-state index contributed by atoms with van der Waals surface area (Å²) in [6.45, 7) is 1.72. The third kappa shape index (κ3) is 6.77. The van der Waals surface area contributed by atoms with Gasteiger partial charge in [-0.25, -0.2) is 13.6 Å². The number of aliphatic hydroxyl groups is 1. The lowest BCUT2D eigenvalue weighted by Gasteiger charge is -2.21. The Bertz CT molecular complexity index is 1180. The first kappa shape index (κ1) is 24.7. The van der Waals surface area contributed by atoms with Gasteiger partial charge in [0.2, 0.25) is 10.0 Å². The zero-order valence-corrected chi connectivity index (χ0v) is 18.5. The van der Waals surface area contributed by atoms with Gasteiger partial charge in [0.15, 0.2) is 0 Å². The van der Waals surface area contributed by atoms with Crippen molar-refractivity contribution < 1.29 is 31.4 Å². The van der Waals surface area contributed by atoms with Gasteiger partial charge in [0.1, 0.15) is 11.9 Å². The van der Waals surface area contributed by atoms with Gasteiger partial charge in [0.05, 0.1) is 16.6 Å². The molecule has 10 heteroatoms. The van der Waals surface area contributed by atoms with Crippen molar-refractivity contribution >= 4 is 10.0 Å². The largest absolute Gasteiger partial charge is 0.488 e.